The first kappa shape index (κ1) is 11.2. The number of hydrogen-bond donors (Lipinski definition) is 0. The molecule has 1 fully saturated rings. The third kappa shape index (κ3) is 1.44. The van der Waals surface area contributed by atoms with Crippen molar-refractivity contribution in [1.82, 2.24) is 9.55 Å². The molecule has 2 heterocycles. The van der Waals surface area contributed by atoms with Crippen LogP contribution in [-0.2, 0) is 5.54 Å². The van der Waals surface area contributed by atoms with Gasteiger partial charge >= 0.3 is 0 Å². The van der Waals surface area contributed by atoms with Crippen molar-refractivity contribution in [2.45, 2.75) is 25.3 Å². The van der Waals surface area contributed by atoms with Gasteiger partial charge in [-0.15, -0.1) is 0 Å². The first-order valence-corrected chi connectivity index (χ1v) is 6.05. The largest absolute Gasteiger partial charge is 0.301 e. The number of hydrogen-bond acceptors (Lipinski definition) is 3. The number of nitriles is 1. The number of nitrogens with zero attached hydrogens (tertiary/aromatic N) is 3. The van der Waals surface area contributed by atoms with Crippen molar-refractivity contribution in [1.29, 1.82) is 5.26 Å². The summed E-state index contributed by atoms with van der Waals surface area (Å²) in [5.41, 5.74) is 0.707. The number of rotatable bonds is 1. The van der Waals surface area contributed by atoms with Gasteiger partial charge in [0.25, 0.3) is 5.56 Å². The summed E-state index contributed by atoms with van der Waals surface area (Å²) in [6, 6.07) is 5.21. The summed E-state index contributed by atoms with van der Waals surface area (Å²) in [7, 11) is 0. The minimum Gasteiger partial charge on any atom is -0.301 e. The quantitative estimate of drug-likeness (QED) is 0.739. The Labute approximate surface area is 108 Å². The molecule has 1 aliphatic rings. The Bertz CT molecular complexity index is 753. The van der Waals surface area contributed by atoms with Gasteiger partial charge in [-0.1, -0.05) is 11.6 Å². The first-order valence-electron chi connectivity index (χ1n) is 5.68. The molecular weight excluding hydrogens is 250 g/mol. The molecular formula is C13H10ClN3O. The number of halogens is 1. The normalized spacial score (nSPS) is 16.5. The van der Waals surface area contributed by atoms with E-state index in [0.29, 0.717) is 21.6 Å². The van der Waals surface area contributed by atoms with Crippen molar-refractivity contribution >= 4 is 22.5 Å². The maximum absolute atomic E-state index is 12.1. The third-order valence-electron chi connectivity index (χ3n) is 3.51. The van der Waals surface area contributed by atoms with Gasteiger partial charge in [-0.3, -0.25) is 4.79 Å². The second-order valence-electron chi connectivity index (χ2n) is 4.84. The highest BCUT2D eigenvalue weighted by molar-refractivity contribution is 6.34. The Morgan fingerprint density at radius 1 is 1.50 bits per heavy atom. The van der Waals surface area contributed by atoms with Gasteiger partial charge in [0, 0.05) is 23.2 Å². The fourth-order valence-corrected chi connectivity index (χ4v) is 2.45. The Morgan fingerprint density at radius 2 is 2.22 bits per heavy atom. The number of fused-ring (bicyclic) bond motifs is 1. The molecule has 4 nitrogen and oxygen atoms in total. The van der Waals surface area contributed by atoms with Crippen LogP contribution >= 0.6 is 11.6 Å². The van der Waals surface area contributed by atoms with E-state index in [-0.39, 0.29) is 11.1 Å². The van der Waals surface area contributed by atoms with E-state index in [2.05, 4.69) is 11.1 Å². The van der Waals surface area contributed by atoms with E-state index in [4.69, 9.17) is 11.6 Å². The zero-order chi connectivity index (χ0) is 12.9. The molecule has 18 heavy (non-hydrogen) atoms. The molecule has 3 rings (SSSR count). The lowest BCUT2D eigenvalue weighted by Crippen LogP contribution is -2.28. The van der Waals surface area contributed by atoms with Crippen LogP contribution in [0.5, 0.6) is 0 Å². The molecule has 0 spiro atoms. The molecule has 2 aromatic heterocycles. The summed E-state index contributed by atoms with van der Waals surface area (Å²) in [6.07, 6.45) is 3.31. The van der Waals surface area contributed by atoms with Crippen molar-refractivity contribution in [2.24, 2.45) is 0 Å². The van der Waals surface area contributed by atoms with E-state index in [0.717, 1.165) is 12.8 Å². The van der Waals surface area contributed by atoms with Crippen LogP contribution in [0.3, 0.4) is 0 Å². The second kappa shape index (κ2) is 3.56. The molecule has 1 aliphatic carbocycles. The summed E-state index contributed by atoms with van der Waals surface area (Å²) < 4.78 is 1.69. The molecule has 2 aromatic rings. The highest BCUT2D eigenvalue weighted by atomic mass is 35.5. The molecule has 0 aromatic carbocycles. The van der Waals surface area contributed by atoms with Gasteiger partial charge in [-0.25, -0.2) is 4.98 Å². The molecule has 5 heteroatoms. The summed E-state index contributed by atoms with van der Waals surface area (Å²) in [6.45, 7) is 2.02. The van der Waals surface area contributed by atoms with Gasteiger partial charge in [-0.05, 0) is 25.8 Å². The second-order valence-corrected chi connectivity index (χ2v) is 5.20. The Kier molecular flexibility index (Phi) is 2.23. The fraction of sp³-hybridized carbons (Fsp3) is 0.308. The molecule has 0 atom stereocenters. The molecule has 1 saturated carbocycles. The zero-order valence-corrected chi connectivity index (χ0v) is 10.5. The van der Waals surface area contributed by atoms with Crippen molar-refractivity contribution in [3.05, 3.63) is 39.4 Å². The SMILES string of the molecule is CC1(n2c(=O)ccc3c(Cl)ncc(C#N)c32)CC1. The lowest BCUT2D eigenvalue weighted by atomic mass is 10.1. The highest BCUT2D eigenvalue weighted by Crippen LogP contribution is 2.44. The van der Waals surface area contributed by atoms with Crippen LogP contribution in [0.4, 0.5) is 0 Å². The molecule has 0 aliphatic heterocycles. The van der Waals surface area contributed by atoms with Gasteiger partial charge < -0.3 is 4.57 Å². The Balaban J connectivity index is 2.55. The van der Waals surface area contributed by atoms with Gasteiger partial charge in [0.15, 0.2) is 0 Å². The molecule has 0 saturated heterocycles. The molecule has 0 amide bonds. The van der Waals surface area contributed by atoms with E-state index < -0.39 is 0 Å². The maximum Gasteiger partial charge on any atom is 0.251 e. The minimum absolute atomic E-state index is 0.0960. The first-order chi connectivity index (χ1) is 8.57. The molecule has 90 valence electrons. The standard InChI is InChI=1S/C13H10ClN3O/c1-13(4-5-13)17-10(18)3-2-9-11(17)8(6-15)7-16-12(9)14/h2-3,7H,4-5H2,1H3. The number of aromatic nitrogens is 2. The van der Waals surface area contributed by atoms with Gasteiger partial charge in [-0.2, -0.15) is 5.26 Å². The predicted molar refractivity (Wildman–Crippen MR) is 68.6 cm³/mol. The van der Waals surface area contributed by atoms with E-state index in [1.54, 1.807) is 10.6 Å². The lowest BCUT2D eigenvalue weighted by molar-refractivity contribution is 0.533. The monoisotopic (exact) mass is 259 g/mol. The van der Waals surface area contributed by atoms with Crippen LogP contribution in [0.1, 0.15) is 25.3 Å². The minimum atomic E-state index is -0.188. The molecule has 0 radical (unpaired) electrons. The lowest BCUT2D eigenvalue weighted by Gasteiger charge is -2.17. The zero-order valence-electron chi connectivity index (χ0n) is 9.77. The summed E-state index contributed by atoms with van der Waals surface area (Å²) in [4.78, 5) is 16.1. The van der Waals surface area contributed by atoms with E-state index in [9.17, 15) is 10.1 Å². The molecule has 0 N–H and O–H groups in total. The van der Waals surface area contributed by atoms with Crippen molar-refractivity contribution in [2.75, 3.05) is 0 Å². The van der Waals surface area contributed by atoms with Crippen LogP contribution in [0.2, 0.25) is 5.15 Å². The third-order valence-corrected chi connectivity index (χ3v) is 3.81. The molecule has 0 unspecified atom stereocenters. The van der Waals surface area contributed by atoms with Crippen molar-refractivity contribution < 1.29 is 0 Å². The average molecular weight is 260 g/mol. The van der Waals surface area contributed by atoms with Crippen molar-refractivity contribution in [3.63, 3.8) is 0 Å². The molecule has 0 bridgehead atoms. The number of pyridine rings is 2. The fourth-order valence-electron chi connectivity index (χ4n) is 2.24. The highest BCUT2D eigenvalue weighted by Gasteiger charge is 2.41. The Morgan fingerprint density at radius 3 is 2.83 bits per heavy atom. The van der Waals surface area contributed by atoms with Gasteiger partial charge in [0.1, 0.15) is 11.2 Å². The van der Waals surface area contributed by atoms with Crippen LogP contribution < -0.4 is 5.56 Å². The Hall–Kier alpha value is -1.86. The topological polar surface area (TPSA) is 58.7 Å². The van der Waals surface area contributed by atoms with E-state index in [1.165, 1.54) is 12.3 Å². The van der Waals surface area contributed by atoms with Crippen LogP contribution in [0, 0.1) is 11.3 Å². The van der Waals surface area contributed by atoms with Crippen molar-refractivity contribution in [3.8, 4) is 6.07 Å². The summed E-state index contributed by atoms with van der Waals surface area (Å²) in [5, 5.41) is 10.2. The van der Waals surface area contributed by atoms with Gasteiger partial charge in [0.2, 0.25) is 0 Å². The van der Waals surface area contributed by atoms with Crippen LogP contribution in [0.15, 0.2) is 23.1 Å². The maximum atomic E-state index is 12.1. The summed E-state index contributed by atoms with van der Waals surface area (Å²) in [5.74, 6) is 0. The predicted octanol–water partition coefficient (Wildman–Crippen LogP) is 2.43. The summed E-state index contributed by atoms with van der Waals surface area (Å²) >= 11 is 6.04. The van der Waals surface area contributed by atoms with Crippen LogP contribution in [0.25, 0.3) is 10.9 Å². The smallest absolute Gasteiger partial charge is 0.251 e. The van der Waals surface area contributed by atoms with E-state index in [1.807, 2.05) is 6.92 Å². The van der Waals surface area contributed by atoms with Gasteiger partial charge in [0.05, 0.1) is 11.1 Å². The van der Waals surface area contributed by atoms with Crippen LogP contribution in [-0.4, -0.2) is 9.55 Å². The average Bonchev–Trinajstić information content (AvgIpc) is 3.08. The van der Waals surface area contributed by atoms with E-state index >= 15 is 0 Å².